The highest BCUT2D eigenvalue weighted by atomic mass is 32.2. The first kappa shape index (κ1) is 10.1. The van der Waals surface area contributed by atoms with Crippen LogP contribution < -0.4 is 5.73 Å². The van der Waals surface area contributed by atoms with Crippen LogP contribution in [0.4, 0.5) is 0 Å². The molecule has 1 aromatic heterocycles. The number of nitrogens with two attached hydrogens (primary N) is 1. The van der Waals surface area contributed by atoms with Gasteiger partial charge < -0.3 is 10.2 Å². The van der Waals surface area contributed by atoms with E-state index in [0.29, 0.717) is 5.92 Å². The Morgan fingerprint density at radius 1 is 1.43 bits per heavy atom. The number of rotatable bonds is 3. The molecule has 14 heavy (non-hydrogen) atoms. The molecule has 2 heterocycles. The molecule has 2 N–H and O–H groups in total. The second kappa shape index (κ2) is 3.99. The first-order valence-corrected chi connectivity index (χ1v) is 6.30. The third kappa shape index (κ3) is 1.59. The average Bonchev–Trinajstić information content (AvgIpc) is 2.67. The van der Waals surface area contributed by atoms with Crippen molar-refractivity contribution >= 4 is 11.8 Å². The Balaban J connectivity index is 2.40. The van der Waals surface area contributed by atoms with Gasteiger partial charge in [0, 0.05) is 17.2 Å². The van der Waals surface area contributed by atoms with Crippen molar-refractivity contribution < 1.29 is 4.42 Å². The molecule has 0 amide bonds. The molecular formula is C11H17NOS. The molecule has 2 nitrogen and oxygen atoms in total. The van der Waals surface area contributed by atoms with Gasteiger partial charge in [-0.05, 0) is 18.5 Å². The SMILES string of the molecule is CC(C)c1oc2c(c1CCN)CSC2. The van der Waals surface area contributed by atoms with Crippen molar-refractivity contribution in [2.45, 2.75) is 37.7 Å². The molecule has 0 spiro atoms. The second-order valence-corrected chi connectivity index (χ2v) is 5.02. The fourth-order valence-corrected chi connectivity index (χ4v) is 3.05. The zero-order chi connectivity index (χ0) is 10.1. The Hall–Kier alpha value is -0.410. The monoisotopic (exact) mass is 211 g/mol. The molecule has 0 radical (unpaired) electrons. The molecule has 0 saturated heterocycles. The molecule has 78 valence electrons. The number of furan rings is 1. The van der Waals surface area contributed by atoms with Crippen LogP contribution in [0.25, 0.3) is 0 Å². The predicted molar refractivity (Wildman–Crippen MR) is 60.6 cm³/mol. The van der Waals surface area contributed by atoms with Crippen LogP contribution in [0.3, 0.4) is 0 Å². The van der Waals surface area contributed by atoms with Gasteiger partial charge in [0.25, 0.3) is 0 Å². The van der Waals surface area contributed by atoms with E-state index in [1.54, 1.807) is 0 Å². The number of hydrogen-bond acceptors (Lipinski definition) is 3. The Kier molecular flexibility index (Phi) is 2.88. The van der Waals surface area contributed by atoms with Crippen molar-refractivity contribution in [3.05, 3.63) is 22.6 Å². The van der Waals surface area contributed by atoms with Gasteiger partial charge in [0.05, 0.1) is 5.75 Å². The van der Waals surface area contributed by atoms with Crippen LogP contribution in [0.2, 0.25) is 0 Å². The zero-order valence-corrected chi connectivity index (χ0v) is 9.62. The molecule has 0 saturated carbocycles. The van der Waals surface area contributed by atoms with Crippen LogP contribution in [-0.4, -0.2) is 6.54 Å². The van der Waals surface area contributed by atoms with Gasteiger partial charge in [-0.25, -0.2) is 0 Å². The molecule has 1 aliphatic heterocycles. The lowest BCUT2D eigenvalue weighted by Crippen LogP contribution is -2.06. The van der Waals surface area contributed by atoms with Crippen molar-refractivity contribution in [1.82, 2.24) is 0 Å². The normalized spacial score (nSPS) is 15.1. The van der Waals surface area contributed by atoms with E-state index in [-0.39, 0.29) is 0 Å². The van der Waals surface area contributed by atoms with Crippen LogP contribution in [-0.2, 0) is 17.9 Å². The van der Waals surface area contributed by atoms with Crippen molar-refractivity contribution in [2.24, 2.45) is 5.73 Å². The first-order valence-electron chi connectivity index (χ1n) is 5.15. The number of hydrogen-bond donors (Lipinski definition) is 1. The predicted octanol–water partition coefficient (Wildman–Crippen LogP) is 2.65. The molecular weight excluding hydrogens is 194 g/mol. The average molecular weight is 211 g/mol. The summed E-state index contributed by atoms with van der Waals surface area (Å²) in [5.41, 5.74) is 8.46. The van der Waals surface area contributed by atoms with Gasteiger partial charge in [0.15, 0.2) is 0 Å². The van der Waals surface area contributed by atoms with Crippen molar-refractivity contribution in [3.63, 3.8) is 0 Å². The maximum absolute atomic E-state index is 5.89. The summed E-state index contributed by atoms with van der Waals surface area (Å²) < 4.78 is 5.89. The molecule has 0 bridgehead atoms. The Bertz CT molecular complexity index is 330. The fraction of sp³-hybridized carbons (Fsp3) is 0.636. The summed E-state index contributed by atoms with van der Waals surface area (Å²) in [6, 6.07) is 0. The highest BCUT2D eigenvalue weighted by Crippen LogP contribution is 2.38. The summed E-state index contributed by atoms with van der Waals surface area (Å²) >= 11 is 1.94. The largest absolute Gasteiger partial charge is 0.464 e. The summed E-state index contributed by atoms with van der Waals surface area (Å²) in [6.45, 7) is 5.08. The minimum Gasteiger partial charge on any atom is -0.464 e. The molecule has 0 aliphatic carbocycles. The lowest BCUT2D eigenvalue weighted by Gasteiger charge is -2.06. The summed E-state index contributed by atoms with van der Waals surface area (Å²) in [5, 5.41) is 0. The van der Waals surface area contributed by atoms with Crippen molar-refractivity contribution in [1.29, 1.82) is 0 Å². The van der Waals surface area contributed by atoms with Gasteiger partial charge in [-0.3, -0.25) is 0 Å². The first-order chi connectivity index (χ1) is 6.74. The van der Waals surface area contributed by atoms with Crippen LogP contribution >= 0.6 is 11.8 Å². The zero-order valence-electron chi connectivity index (χ0n) is 8.80. The maximum atomic E-state index is 5.89. The van der Waals surface area contributed by atoms with E-state index < -0.39 is 0 Å². The van der Waals surface area contributed by atoms with Crippen LogP contribution in [0.5, 0.6) is 0 Å². The quantitative estimate of drug-likeness (QED) is 0.835. The van der Waals surface area contributed by atoms with Gasteiger partial charge in [-0.1, -0.05) is 13.8 Å². The van der Waals surface area contributed by atoms with E-state index in [4.69, 9.17) is 10.2 Å². The lowest BCUT2D eigenvalue weighted by molar-refractivity contribution is 0.457. The lowest BCUT2D eigenvalue weighted by atomic mass is 10.0. The van der Waals surface area contributed by atoms with E-state index >= 15 is 0 Å². The highest BCUT2D eigenvalue weighted by molar-refractivity contribution is 7.98. The molecule has 1 aromatic rings. The molecule has 0 fully saturated rings. The third-order valence-corrected chi connectivity index (χ3v) is 3.59. The van der Waals surface area contributed by atoms with E-state index in [1.807, 2.05) is 11.8 Å². The van der Waals surface area contributed by atoms with Crippen LogP contribution in [0.15, 0.2) is 4.42 Å². The number of thioether (sulfide) groups is 1. The summed E-state index contributed by atoms with van der Waals surface area (Å²) in [7, 11) is 0. The van der Waals surface area contributed by atoms with Gasteiger partial charge in [0.1, 0.15) is 11.5 Å². The van der Waals surface area contributed by atoms with Crippen molar-refractivity contribution in [3.8, 4) is 0 Å². The summed E-state index contributed by atoms with van der Waals surface area (Å²) in [5.74, 6) is 5.00. The second-order valence-electron chi connectivity index (χ2n) is 4.03. The van der Waals surface area contributed by atoms with Gasteiger partial charge >= 0.3 is 0 Å². The van der Waals surface area contributed by atoms with Crippen LogP contribution in [0, 0.1) is 0 Å². The summed E-state index contributed by atoms with van der Waals surface area (Å²) in [4.78, 5) is 0. The van der Waals surface area contributed by atoms with E-state index in [0.717, 1.165) is 24.5 Å². The van der Waals surface area contributed by atoms with E-state index in [1.165, 1.54) is 22.6 Å². The minimum absolute atomic E-state index is 0.479. The Morgan fingerprint density at radius 3 is 2.86 bits per heavy atom. The van der Waals surface area contributed by atoms with E-state index in [2.05, 4.69) is 13.8 Å². The molecule has 3 heteroatoms. The van der Waals surface area contributed by atoms with E-state index in [9.17, 15) is 0 Å². The maximum Gasteiger partial charge on any atom is 0.118 e. The smallest absolute Gasteiger partial charge is 0.118 e. The molecule has 0 atom stereocenters. The summed E-state index contributed by atoms with van der Waals surface area (Å²) in [6.07, 6.45) is 0.965. The molecule has 1 aliphatic rings. The van der Waals surface area contributed by atoms with Crippen LogP contribution in [0.1, 0.15) is 42.4 Å². The third-order valence-electron chi connectivity index (χ3n) is 2.63. The Labute approximate surface area is 89.2 Å². The Morgan fingerprint density at radius 2 is 2.21 bits per heavy atom. The van der Waals surface area contributed by atoms with Gasteiger partial charge in [-0.15, -0.1) is 11.8 Å². The van der Waals surface area contributed by atoms with Gasteiger partial charge in [0.2, 0.25) is 0 Å². The standard InChI is InChI=1S/C11H17NOS/c1-7(2)11-8(3-4-12)9-5-14-6-10(9)13-11/h7H,3-6,12H2,1-2H3. The number of fused-ring (bicyclic) bond motifs is 1. The minimum atomic E-state index is 0.479. The van der Waals surface area contributed by atoms with Gasteiger partial charge in [-0.2, -0.15) is 0 Å². The molecule has 0 aromatic carbocycles. The van der Waals surface area contributed by atoms with Crippen molar-refractivity contribution in [2.75, 3.05) is 6.54 Å². The molecule has 0 unspecified atom stereocenters. The fourth-order valence-electron chi connectivity index (χ4n) is 1.99. The highest BCUT2D eigenvalue weighted by Gasteiger charge is 2.24. The topological polar surface area (TPSA) is 39.2 Å². The molecule has 2 rings (SSSR count).